The third kappa shape index (κ3) is 3.63. The van der Waals surface area contributed by atoms with Gasteiger partial charge in [0.25, 0.3) is 0 Å². The number of allylic oxidation sites excluding steroid dienone is 7. The summed E-state index contributed by atoms with van der Waals surface area (Å²) in [5, 5.41) is 37.5. The van der Waals surface area contributed by atoms with E-state index in [0.717, 1.165) is 0 Å². The Labute approximate surface area is 173 Å². The van der Waals surface area contributed by atoms with Crippen molar-refractivity contribution < 1.29 is 47.3 Å². The minimum absolute atomic E-state index is 0.202. The molecule has 10 nitrogen and oxygen atoms in total. The Morgan fingerprint density at radius 1 is 1.17 bits per heavy atom. The van der Waals surface area contributed by atoms with Crippen LogP contribution >= 0.6 is 24.1 Å². The van der Waals surface area contributed by atoms with Gasteiger partial charge in [-0.05, 0) is 41.2 Å². The molecule has 0 saturated heterocycles. The van der Waals surface area contributed by atoms with Gasteiger partial charge in [-0.15, -0.1) is 10.1 Å². The van der Waals surface area contributed by atoms with Gasteiger partial charge in [-0.2, -0.15) is 4.33 Å². The first-order valence-electron chi connectivity index (χ1n) is 8.09. The van der Waals surface area contributed by atoms with E-state index < -0.39 is 26.2 Å². The molecule has 0 radical (unpaired) electrons. The lowest BCUT2D eigenvalue weighted by molar-refractivity contribution is -0.777. The van der Waals surface area contributed by atoms with Crippen molar-refractivity contribution in [3.05, 3.63) is 67.7 Å². The van der Waals surface area contributed by atoms with Gasteiger partial charge in [-0.3, -0.25) is 5.04 Å². The Morgan fingerprint density at radius 3 is 2.62 bits per heavy atom. The molecule has 4 rings (SSSR count). The third-order valence-corrected chi connectivity index (χ3v) is 7.35. The Morgan fingerprint density at radius 2 is 1.93 bits per heavy atom. The van der Waals surface area contributed by atoms with Crippen LogP contribution in [0.2, 0.25) is 0 Å². The largest absolute Gasteiger partial charge is 0.872 e. The van der Waals surface area contributed by atoms with E-state index in [1.165, 1.54) is 12.2 Å². The van der Waals surface area contributed by atoms with Crippen molar-refractivity contribution in [1.82, 2.24) is 0 Å². The summed E-state index contributed by atoms with van der Waals surface area (Å²) >= 11 is 1.17. The summed E-state index contributed by atoms with van der Waals surface area (Å²) in [6.07, 6.45) is 6.45. The van der Waals surface area contributed by atoms with Gasteiger partial charge in [0.2, 0.25) is 0 Å². The van der Waals surface area contributed by atoms with Crippen LogP contribution in [0.5, 0.6) is 0 Å². The molecule has 0 aromatic rings. The van der Waals surface area contributed by atoms with Gasteiger partial charge in [-0.1, -0.05) is 28.8 Å². The highest BCUT2D eigenvalue weighted by molar-refractivity contribution is 7.98. The van der Waals surface area contributed by atoms with E-state index in [4.69, 9.17) is 5.26 Å². The first kappa shape index (κ1) is 20.9. The molecule has 0 amide bonds. The van der Waals surface area contributed by atoms with Gasteiger partial charge in [0, 0.05) is 22.9 Å². The standard InChI is InChI=1S/C16H14O10S3/c17-11-5-12(27-25-23-18)8-2-3-9-13(28-26-24-19)6-14(29(20,21)22)10-4-1-7(11)15(8)16(9)10/h2-3,5-6,13,15,17-19H,1,4H2,(H,20,21,22)/p-3. The molecule has 4 aliphatic rings. The van der Waals surface area contributed by atoms with Crippen molar-refractivity contribution in [1.29, 1.82) is 0 Å². The lowest BCUT2D eigenvalue weighted by Gasteiger charge is -2.44. The minimum Gasteiger partial charge on any atom is -0.872 e. The normalized spacial score (nSPS) is 25.9. The van der Waals surface area contributed by atoms with Crippen molar-refractivity contribution in [3.63, 3.8) is 0 Å². The van der Waals surface area contributed by atoms with Crippen LogP contribution in [0, 0.1) is 5.92 Å². The van der Waals surface area contributed by atoms with Crippen molar-refractivity contribution in [2.24, 2.45) is 5.92 Å². The topological polar surface area (TPSA) is 160 Å². The summed E-state index contributed by atoms with van der Waals surface area (Å²) in [4.78, 5) is -0.0330. The van der Waals surface area contributed by atoms with Crippen LogP contribution in [0.25, 0.3) is 0 Å². The monoisotopic (exact) mass is 459 g/mol. The molecule has 0 fully saturated rings. The molecule has 0 spiro atoms. The van der Waals surface area contributed by atoms with Crippen LogP contribution in [0.4, 0.5) is 0 Å². The van der Waals surface area contributed by atoms with Gasteiger partial charge < -0.3 is 14.9 Å². The molecule has 0 aromatic heterocycles. The van der Waals surface area contributed by atoms with Crippen LogP contribution in [-0.4, -0.2) is 23.5 Å². The first-order valence-corrected chi connectivity index (χ1v) is 11.0. The lowest BCUT2D eigenvalue weighted by Crippen LogP contribution is -2.33. The molecular weight excluding hydrogens is 448 g/mol. The van der Waals surface area contributed by atoms with Crippen molar-refractivity contribution in [2.45, 2.75) is 18.1 Å². The predicted octanol–water partition coefficient (Wildman–Crippen LogP) is 0.824. The molecular formula is C16H11O10S3-3. The molecule has 1 N–H and O–H groups in total. The Bertz CT molecular complexity index is 1030. The summed E-state index contributed by atoms with van der Waals surface area (Å²) in [5.74, 6) is -0.865. The molecule has 0 heterocycles. The molecule has 29 heavy (non-hydrogen) atoms. The highest BCUT2D eigenvalue weighted by Crippen LogP contribution is 2.56. The molecule has 0 aromatic carbocycles. The Balaban J connectivity index is 1.89. The van der Waals surface area contributed by atoms with E-state index in [9.17, 15) is 23.3 Å². The van der Waals surface area contributed by atoms with Crippen LogP contribution in [0.15, 0.2) is 67.7 Å². The average Bonchev–Trinajstić information content (AvgIpc) is 2.69. The second kappa shape index (κ2) is 8.03. The maximum absolute atomic E-state index is 12.6. The highest BCUT2D eigenvalue weighted by Gasteiger charge is 2.42. The van der Waals surface area contributed by atoms with E-state index >= 15 is 0 Å². The van der Waals surface area contributed by atoms with Crippen LogP contribution < -0.4 is 10.4 Å². The van der Waals surface area contributed by atoms with E-state index in [-0.39, 0.29) is 18.6 Å². The first-order chi connectivity index (χ1) is 13.9. The second-order valence-corrected chi connectivity index (χ2v) is 9.26. The van der Waals surface area contributed by atoms with Crippen LogP contribution in [0.1, 0.15) is 12.8 Å². The van der Waals surface area contributed by atoms with E-state index in [0.29, 0.717) is 56.9 Å². The summed E-state index contributed by atoms with van der Waals surface area (Å²) in [5.41, 5.74) is 2.62. The zero-order valence-corrected chi connectivity index (χ0v) is 16.7. The zero-order chi connectivity index (χ0) is 20.8. The molecule has 0 aliphatic heterocycles. The summed E-state index contributed by atoms with van der Waals surface area (Å²) < 4.78 is 44.6. The quantitative estimate of drug-likeness (QED) is 0.247. The number of rotatable bonds is 7. The van der Waals surface area contributed by atoms with E-state index in [1.54, 1.807) is 12.2 Å². The number of hydrogen-bond acceptors (Lipinski definition) is 12. The molecule has 156 valence electrons. The SMILES string of the molecule is O=S(=O)([O-])C1=CC(SOO[O-])C2=CC=C3C(SOOO)=CC([O-])=C4CCC1=C2C34. The molecule has 0 saturated carbocycles. The van der Waals surface area contributed by atoms with Gasteiger partial charge in [-0.25, -0.2) is 13.7 Å². The highest BCUT2D eigenvalue weighted by atomic mass is 32.2. The van der Waals surface area contributed by atoms with Gasteiger partial charge in [0.15, 0.2) is 0 Å². The van der Waals surface area contributed by atoms with Crippen molar-refractivity contribution >= 4 is 34.2 Å². The molecule has 2 unspecified atom stereocenters. The smallest absolute Gasteiger partial charge is 0.124 e. The summed E-state index contributed by atoms with van der Waals surface area (Å²) in [6, 6.07) is 0. The third-order valence-electron chi connectivity index (χ3n) is 5.04. The molecule has 0 bridgehead atoms. The Kier molecular flexibility index (Phi) is 5.78. The Hall–Kier alpha value is -1.39. The van der Waals surface area contributed by atoms with Gasteiger partial charge in [0.05, 0.1) is 22.2 Å². The van der Waals surface area contributed by atoms with Crippen LogP contribution in [0.3, 0.4) is 0 Å². The fraction of sp³-hybridized carbons (Fsp3) is 0.250. The summed E-state index contributed by atoms with van der Waals surface area (Å²) in [6.45, 7) is 0. The predicted molar refractivity (Wildman–Crippen MR) is 94.7 cm³/mol. The number of hydrogen-bond donors (Lipinski definition) is 1. The van der Waals surface area contributed by atoms with E-state index in [1.807, 2.05) is 0 Å². The molecule has 13 heteroatoms. The zero-order valence-electron chi connectivity index (χ0n) is 14.2. The molecule has 4 aliphatic carbocycles. The van der Waals surface area contributed by atoms with Crippen molar-refractivity contribution in [2.75, 3.05) is 0 Å². The van der Waals surface area contributed by atoms with Crippen LogP contribution in [-0.2, 0) is 28.9 Å². The minimum atomic E-state index is -4.82. The maximum atomic E-state index is 12.6. The van der Waals surface area contributed by atoms with Gasteiger partial charge in [0.1, 0.15) is 10.1 Å². The summed E-state index contributed by atoms with van der Waals surface area (Å²) in [7, 11) is -4.82. The van der Waals surface area contributed by atoms with E-state index in [2.05, 4.69) is 18.7 Å². The van der Waals surface area contributed by atoms with Crippen molar-refractivity contribution in [3.8, 4) is 0 Å². The average molecular weight is 459 g/mol. The van der Waals surface area contributed by atoms with Gasteiger partial charge >= 0.3 is 0 Å². The maximum Gasteiger partial charge on any atom is 0.124 e. The fourth-order valence-corrected chi connectivity index (χ4v) is 6.11. The molecule has 2 atom stereocenters. The fourth-order valence-electron chi connectivity index (χ4n) is 4.05. The second-order valence-electron chi connectivity index (χ2n) is 6.33. The lowest BCUT2D eigenvalue weighted by atomic mass is 9.66.